The number of anilines is 1. The van der Waals surface area contributed by atoms with Crippen molar-refractivity contribution < 1.29 is 28.6 Å². The molecule has 0 atom stereocenters. The summed E-state index contributed by atoms with van der Waals surface area (Å²) in [4.78, 5) is 34.1. The summed E-state index contributed by atoms with van der Waals surface area (Å²) < 4.78 is 10.2. The van der Waals surface area contributed by atoms with Crippen LogP contribution in [0.3, 0.4) is 0 Å². The molecule has 9 nitrogen and oxygen atoms in total. The minimum atomic E-state index is -0.744. The lowest BCUT2D eigenvalue weighted by Crippen LogP contribution is -2.44. The molecule has 2 rings (SSSR count). The van der Waals surface area contributed by atoms with Crippen molar-refractivity contribution >= 4 is 23.4 Å². The molecule has 2 aromatic rings. The average molecular weight is 333 g/mol. The van der Waals surface area contributed by atoms with E-state index >= 15 is 0 Å². The molecule has 0 unspecified atom stereocenters. The minimum absolute atomic E-state index is 0.167. The fourth-order valence-corrected chi connectivity index (χ4v) is 1.63. The number of carbonyl (C=O) groups is 3. The molecule has 0 spiro atoms. The van der Waals surface area contributed by atoms with E-state index in [0.717, 1.165) is 0 Å². The Hall–Kier alpha value is -3.33. The Morgan fingerprint density at radius 1 is 1.08 bits per heavy atom. The third-order valence-corrected chi connectivity index (χ3v) is 2.69. The van der Waals surface area contributed by atoms with Crippen LogP contribution in [-0.4, -0.2) is 36.0 Å². The van der Waals surface area contributed by atoms with Crippen molar-refractivity contribution in [1.82, 2.24) is 10.9 Å². The maximum Gasteiger partial charge on any atom is 0.291 e. The fraction of sp³-hybridized carbons (Fsp3) is 0.133. The van der Waals surface area contributed by atoms with Gasteiger partial charge in [0.2, 0.25) is 0 Å². The normalized spacial score (nSPS) is 9.88. The Balaban J connectivity index is 1.85. The number of hydrogen-bond donors (Lipinski definition) is 4. The summed E-state index contributed by atoms with van der Waals surface area (Å²) in [7, 11) is 0. The van der Waals surface area contributed by atoms with E-state index in [2.05, 4.69) is 10.7 Å². The molecular formula is C15H15N3O6. The number of nitrogens with one attached hydrogen (secondary N) is 3. The molecule has 1 aromatic carbocycles. The summed E-state index contributed by atoms with van der Waals surface area (Å²) >= 11 is 0. The standard InChI is InChI=1S/C15H15N3O6/c19-8-13(20)17-18-14(21)9-24-11-4-1-3-10(7-11)16-15(22)12-5-2-6-23-12/h1-7,19H,8-9H2,(H,16,22)(H,17,20)(H,18,21). The zero-order chi connectivity index (χ0) is 17.4. The lowest BCUT2D eigenvalue weighted by molar-refractivity contribution is -0.131. The topological polar surface area (TPSA) is 130 Å². The Morgan fingerprint density at radius 3 is 2.58 bits per heavy atom. The molecule has 1 heterocycles. The maximum atomic E-state index is 11.9. The molecule has 4 N–H and O–H groups in total. The summed E-state index contributed by atoms with van der Waals surface area (Å²) in [5.74, 6) is -1.26. The summed E-state index contributed by atoms with van der Waals surface area (Å²) in [6.45, 7) is -1.10. The van der Waals surface area contributed by atoms with E-state index in [0.29, 0.717) is 11.4 Å². The van der Waals surface area contributed by atoms with Crippen LogP contribution in [0.25, 0.3) is 0 Å². The van der Waals surface area contributed by atoms with Gasteiger partial charge in [-0.3, -0.25) is 25.2 Å². The number of hydrazine groups is 1. The predicted molar refractivity (Wildman–Crippen MR) is 82.0 cm³/mol. The SMILES string of the molecule is O=C(CO)NNC(=O)COc1cccc(NC(=O)c2ccco2)c1. The summed E-state index contributed by atoms with van der Waals surface area (Å²) in [5, 5.41) is 11.1. The van der Waals surface area contributed by atoms with Crippen molar-refractivity contribution in [3.05, 3.63) is 48.4 Å². The molecule has 0 fully saturated rings. The van der Waals surface area contributed by atoms with E-state index in [4.69, 9.17) is 14.3 Å². The van der Waals surface area contributed by atoms with Crippen molar-refractivity contribution in [2.45, 2.75) is 0 Å². The average Bonchev–Trinajstić information content (AvgIpc) is 3.13. The second kappa shape index (κ2) is 8.34. The maximum absolute atomic E-state index is 11.9. The number of rotatable bonds is 6. The van der Waals surface area contributed by atoms with Gasteiger partial charge in [-0.1, -0.05) is 6.07 Å². The van der Waals surface area contributed by atoms with Crippen LogP contribution in [0.15, 0.2) is 47.1 Å². The largest absolute Gasteiger partial charge is 0.484 e. The molecule has 3 amide bonds. The minimum Gasteiger partial charge on any atom is -0.484 e. The van der Waals surface area contributed by atoms with Crippen LogP contribution in [0.4, 0.5) is 5.69 Å². The molecule has 24 heavy (non-hydrogen) atoms. The van der Waals surface area contributed by atoms with Gasteiger partial charge in [0, 0.05) is 11.8 Å². The molecule has 1 aromatic heterocycles. The quantitative estimate of drug-likeness (QED) is 0.553. The zero-order valence-corrected chi connectivity index (χ0v) is 12.4. The van der Waals surface area contributed by atoms with Gasteiger partial charge in [0.25, 0.3) is 17.7 Å². The van der Waals surface area contributed by atoms with Gasteiger partial charge in [-0.05, 0) is 24.3 Å². The van der Waals surface area contributed by atoms with E-state index in [-0.39, 0.29) is 12.4 Å². The number of benzene rings is 1. The highest BCUT2D eigenvalue weighted by molar-refractivity contribution is 6.02. The van der Waals surface area contributed by atoms with Gasteiger partial charge < -0.3 is 19.6 Å². The van der Waals surface area contributed by atoms with Crippen LogP contribution in [0.5, 0.6) is 5.75 Å². The zero-order valence-electron chi connectivity index (χ0n) is 12.4. The van der Waals surface area contributed by atoms with Gasteiger partial charge >= 0.3 is 0 Å². The van der Waals surface area contributed by atoms with Gasteiger partial charge in [-0.25, -0.2) is 0 Å². The third-order valence-electron chi connectivity index (χ3n) is 2.69. The molecule has 0 saturated carbocycles. The Morgan fingerprint density at radius 2 is 1.88 bits per heavy atom. The molecule has 0 saturated heterocycles. The summed E-state index contributed by atoms with van der Waals surface area (Å²) in [6.07, 6.45) is 1.39. The first kappa shape index (κ1) is 17.0. The van der Waals surface area contributed by atoms with Crippen molar-refractivity contribution in [1.29, 1.82) is 0 Å². The van der Waals surface area contributed by atoms with Crippen molar-refractivity contribution in [2.24, 2.45) is 0 Å². The van der Waals surface area contributed by atoms with Gasteiger partial charge in [-0.2, -0.15) is 0 Å². The first-order chi connectivity index (χ1) is 11.6. The Kier molecular flexibility index (Phi) is 5.92. The Labute approximate surface area is 136 Å². The second-order valence-electron chi connectivity index (χ2n) is 4.50. The monoisotopic (exact) mass is 333 g/mol. The highest BCUT2D eigenvalue weighted by Crippen LogP contribution is 2.18. The molecular weight excluding hydrogens is 318 g/mol. The Bertz CT molecular complexity index is 714. The van der Waals surface area contributed by atoms with Gasteiger partial charge in [-0.15, -0.1) is 0 Å². The van der Waals surface area contributed by atoms with Gasteiger partial charge in [0.15, 0.2) is 12.4 Å². The highest BCUT2D eigenvalue weighted by atomic mass is 16.5. The molecule has 126 valence electrons. The molecule has 0 radical (unpaired) electrons. The number of furan rings is 1. The second-order valence-corrected chi connectivity index (χ2v) is 4.50. The van der Waals surface area contributed by atoms with Crippen molar-refractivity contribution in [2.75, 3.05) is 18.5 Å². The molecule has 0 aliphatic rings. The van der Waals surface area contributed by atoms with Crippen LogP contribution in [0.2, 0.25) is 0 Å². The molecule has 0 aliphatic carbocycles. The first-order valence-corrected chi connectivity index (χ1v) is 6.85. The lowest BCUT2D eigenvalue weighted by Gasteiger charge is -2.09. The van der Waals surface area contributed by atoms with E-state index in [1.54, 1.807) is 24.3 Å². The van der Waals surface area contributed by atoms with Crippen LogP contribution in [0, 0.1) is 0 Å². The van der Waals surface area contributed by atoms with E-state index in [1.807, 2.05) is 5.43 Å². The fourth-order valence-electron chi connectivity index (χ4n) is 1.63. The van der Waals surface area contributed by atoms with Crippen LogP contribution in [-0.2, 0) is 9.59 Å². The number of ether oxygens (including phenoxy) is 1. The van der Waals surface area contributed by atoms with E-state index < -0.39 is 24.3 Å². The van der Waals surface area contributed by atoms with Crippen LogP contribution in [0.1, 0.15) is 10.6 Å². The first-order valence-electron chi connectivity index (χ1n) is 6.85. The third kappa shape index (κ3) is 5.14. The number of hydrogen-bond acceptors (Lipinski definition) is 6. The molecule has 9 heteroatoms. The molecule has 0 aliphatic heterocycles. The number of aliphatic hydroxyl groups is 1. The lowest BCUT2D eigenvalue weighted by atomic mass is 10.3. The van der Waals surface area contributed by atoms with Gasteiger partial charge in [0.1, 0.15) is 12.4 Å². The summed E-state index contributed by atoms with van der Waals surface area (Å²) in [5.41, 5.74) is 4.51. The van der Waals surface area contributed by atoms with Gasteiger partial charge in [0.05, 0.1) is 6.26 Å². The number of amides is 3. The van der Waals surface area contributed by atoms with E-state index in [9.17, 15) is 14.4 Å². The number of aliphatic hydroxyl groups excluding tert-OH is 1. The highest BCUT2D eigenvalue weighted by Gasteiger charge is 2.09. The van der Waals surface area contributed by atoms with Crippen molar-refractivity contribution in [3.63, 3.8) is 0 Å². The summed E-state index contributed by atoms with van der Waals surface area (Å²) in [6, 6.07) is 9.54. The van der Waals surface area contributed by atoms with Crippen molar-refractivity contribution in [3.8, 4) is 5.75 Å². The smallest absolute Gasteiger partial charge is 0.291 e. The molecule has 0 bridgehead atoms. The van der Waals surface area contributed by atoms with Crippen LogP contribution >= 0.6 is 0 Å². The van der Waals surface area contributed by atoms with E-state index in [1.165, 1.54) is 18.4 Å². The number of carbonyl (C=O) groups excluding carboxylic acids is 3. The predicted octanol–water partition coefficient (Wildman–Crippen LogP) is 0.0504. The van der Waals surface area contributed by atoms with Crippen LogP contribution < -0.4 is 20.9 Å².